The van der Waals surface area contributed by atoms with Crippen molar-refractivity contribution in [3.63, 3.8) is 0 Å². The van der Waals surface area contributed by atoms with Gasteiger partial charge in [-0.1, -0.05) is 0 Å². The quantitative estimate of drug-likeness (QED) is 0.640. The zero-order valence-corrected chi connectivity index (χ0v) is 7.23. The second-order valence-corrected chi connectivity index (χ2v) is 3.13. The third kappa shape index (κ3) is 0.978. The molecule has 0 aromatic carbocycles. The Bertz CT molecular complexity index is 389. The van der Waals surface area contributed by atoms with Crippen LogP contribution in [-0.2, 0) is 0 Å². The number of fused-ring (bicyclic) bond motifs is 1. The van der Waals surface area contributed by atoms with Gasteiger partial charge in [-0.2, -0.15) is 5.10 Å². The van der Waals surface area contributed by atoms with E-state index in [9.17, 15) is 0 Å². The lowest BCUT2D eigenvalue weighted by atomic mass is 10.4. The van der Waals surface area contributed by atoms with Gasteiger partial charge in [-0.25, -0.2) is 0 Å². The molecule has 2 heterocycles. The number of aromatic nitrogens is 3. The third-order valence-electron chi connectivity index (χ3n) is 1.95. The molecule has 2 rings (SSSR count). The van der Waals surface area contributed by atoms with Crippen molar-refractivity contribution in [1.82, 2.24) is 14.8 Å². The van der Waals surface area contributed by atoms with Crippen molar-refractivity contribution in [2.75, 3.05) is 0 Å². The molecule has 2 aromatic rings. The molecule has 0 saturated heterocycles. The summed E-state index contributed by atoms with van der Waals surface area (Å²) < 4.78 is 2.11. The summed E-state index contributed by atoms with van der Waals surface area (Å²) in [6.45, 7) is 4.27. The maximum absolute atomic E-state index is 4.08. The van der Waals surface area contributed by atoms with E-state index in [2.05, 4.69) is 34.7 Å². The van der Waals surface area contributed by atoms with Crippen LogP contribution in [0.2, 0.25) is 0 Å². The Morgan fingerprint density at radius 3 is 2.92 bits per heavy atom. The van der Waals surface area contributed by atoms with Crippen molar-refractivity contribution in [2.45, 2.75) is 19.9 Å². The van der Waals surface area contributed by atoms with Crippen LogP contribution >= 0.6 is 0 Å². The van der Waals surface area contributed by atoms with Crippen molar-refractivity contribution < 1.29 is 0 Å². The molecule has 0 unspecified atom stereocenters. The highest BCUT2D eigenvalue weighted by Crippen LogP contribution is 2.15. The van der Waals surface area contributed by atoms with Gasteiger partial charge in [0.25, 0.3) is 0 Å². The number of hydrogen-bond acceptors (Lipinski definition) is 2. The number of hydrogen-bond donors (Lipinski definition) is 0. The maximum atomic E-state index is 4.08. The van der Waals surface area contributed by atoms with Crippen LogP contribution in [0.25, 0.3) is 11.0 Å². The minimum Gasteiger partial charge on any atom is -0.329 e. The molecule has 3 nitrogen and oxygen atoms in total. The summed E-state index contributed by atoms with van der Waals surface area (Å²) in [6, 6.07) is 4.48. The number of nitrogens with zero attached hydrogens (tertiary/aromatic N) is 3. The molecule has 0 atom stereocenters. The topological polar surface area (TPSA) is 30.7 Å². The molecule has 0 radical (unpaired) electrons. The average Bonchev–Trinajstić information content (AvgIpc) is 2.47. The van der Waals surface area contributed by atoms with Gasteiger partial charge in [0.1, 0.15) is 0 Å². The normalized spacial score (nSPS) is 11.2. The molecule has 3 heteroatoms. The molecule has 2 aromatic heterocycles. The van der Waals surface area contributed by atoms with Gasteiger partial charge in [-0.15, -0.1) is 5.10 Å². The SMILES string of the molecule is CC(C)n1ccc2ccnnc21. The molecule has 0 amide bonds. The fourth-order valence-electron chi connectivity index (χ4n) is 1.31. The number of rotatable bonds is 1. The minimum absolute atomic E-state index is 0.444. The first-order chi connectivity index (χ1) is 5.79. The van der Waals surface area contributed by atoms with Crippen LogP contribution in [0.4, 0.5) is 0 Å². The molecular formula is C9H11N3. The zero-order valence-electron chi connectivity index (χ0n) is 7.23. The van der Waals surface area contributed by atoms with E-state index in [4.69, 9.17) is 0 Å². The van der Waals surface area contributed by atoms with E-state index in [0.717, 1.165) is 11.0 Å². The zero-order chi connectivity index (χ0) is 8.55. The summed E-state index contributed by atoms with van der Waals surface area (Å²) in [7, 11) is 0. The van der Waals surface area contributed by atoms with E-state index < -0.39 is 0 Å². The van der Waals surface area contributed by atoms with E-state index in [-0.39, 0.29) is 0 Å². The van der Waals surface area contributed by atoms with Crippen LogP contribution in [0.3, 0.4) is 0 Å². The Morgan fingerprint density at radius 2 is 2.17 bits per heavy atom. The second-order valence-electron chi connectivity index (χ2n) is 3.13. The van der Waals surface area contributed by atoms with Gasteiger partial charge in [0.05, 0.1) is 6.20 Å². The first-order valence-electron chi connectivity index (χ1n) is 4.07. The van der Waals surface area contributed by atoms with Crippen molar-refractivity contribution in [3.05, 3.63) is 24.5 Å². The molecule has 0 bridgehead atoms. The molecular weight excluding hydrogens is 150 g/mol. The van der Waals surface area contributed by atoms with Crippen LogP contribution in [0.5, 0.6) is 0 Å². The Morgan fingerprint density at radius 1 is 1.33 bits per heavy atom. The fraction of sp³-hybridized carbons (Fsp3) is 0.333. The molecule has 0 aliphatic rings. The van der Waals surface area contributed by atoms with Crippen LogP contribution in [0.15, 0.2) is 24.5 Å². The standard InChI is InChI=1S/C9H11N3/c1-7(2)12-6-4-8-3-5-10-11-9(8)12/h3-7H,1-2H3. The van der Waals surface area contributed by atoms with Gasteiger partial charge in [0.15, 0.2) is 5.65 Å². The largest absolute Gasteiger partial charge is 0.329 e. The minimum atomic E-state index is 0.444. The Kier molecular flexibility index (Phi) is 1.57. The average molecular weight is 161 g/mol. The van der Waals surface area contributed by atoms with E-state index in [0.29, 0.717) is 6.04 Å². The van der Waals surface area contributed by atoms with Gasteiger partial charge >= 0.3 is 0 Å². The van der Waals surface area contributed by atoms with Crippen LogP contribution in [-0.4, -0.2) is 14.8 Å². The summed E-state index contributed by atoms with van der Waals surface area (Å²) in [5.41, 5.74) is 0.965. The highest BCUT2D eigenvalue weighted by molar-refractivity contribution is 5.75. The highest BCUT2D eigenvalue weighted by Gasteiger charge is 2.03. The third-order valence-corrected chi connectivity index (χ3v) is 1.95. The lowest BCUT2D eigenvalue weighted by molar-refractivity contribution is 0.615. The Hall–Kier alpha value is -1.38. The van der Waals surface area contributed by atoms with Crippen molar-refractivity contribution in [1.29, 1.82) is 0 Å². The van der Waals surface area contributed by atoms with E-state index in [1.807, 2.05) is 12.3 Å². The molecule has 0 N–H and O–H groups in total. The summed E-state index contributed by atoms with van der Waals surface area (Å²) in [5, 5.41) is 9.08. The molecule has 62 valence electrons. The first kappa shape index (κ1) is 7.28. The van der Waals surface area contributed by atoms with Crippen molar-refractivity contribution in [2.24, 2.45) is 0 Å². The van der Waals surface area contributed by atoms with Crippen LogP contribution < -0.4 is 0 Å². The smallest absolute Gasteiger partial charge is 0.162 e. The summed E-state index contributed by atoms with van der Waals surface area (Å²) in [6.07, 6.45) is 3.76. The molecule has 0 aliphatic carbocycles. The summed E-state index contributed by atoms with van der Waals surface area (Å²) in [4.78, 5) is 0. The van der Waals surface area contributed by atoms with Crippen LogP contribution in [0.1, 0.15) is 19.9 Å². The lowest BCUT2D eigenvalue weighted by Crippen LogP contribution is -1.99. The van der Waals surface area contributed by atoms with Crippen molar-refractivity contribution in [3.8, 4) is 0 Å². The Labute approximate surface area is 71.0 Å². The molecule has 0 saturated carbocycles. The Balaban J connectivity index is 2.70. The molecule has 0 aliphatic heterocycles. The second kappa shape index (κ2) is 2.59. The predicted molar refractivity (Wildman–Crippen MR) is 47.9 cm³/mol. The molecule has 12 heavy (non-hydrogen) atoms. The van der Waals surface area contributed by atoms with Gasteiger partial charge in [0.2, 0.25) is 0 Å². The summed E-state index contributed by atoms with van der Waals surface area (Å²) >= 11 is 0. The molecule has 0 fully saturated rings. The van der Waals surface area contributed by atoms with Gasteiger partial charge < -0.3 is 4.57 Å². The van der Waals surface area contributed by atoms with Crippen molar-refractivity contribution >= 4 is 11.0 Å². The predicted octanol–water partition coefficient (Wildman–Crippen LogP) is 2.01. The van der Waals surface area contributed by atoms with E-state index in [1.165, 1.54) is 0 Å². The highest BCUT2D eigenvalue weighted by atomic mass is 15.2. The fourth-order valence-corrected chi connectivity index (χ4v) is 1.31. The van der Waals surface area contributed by atoms with E-state index in [1.54, 1.807) is 6.20 Å². The van der Waals surface area contributed by atoms with Gasteiger partial charge in [-0.3, -0.25) is 0 Å². The maximum Gasteiger partial charge on any atom is 0.162 e. The van der Waals surface area contributed by atoms with Gasteiger partial charge in [0, 0.05) is 17.6 Å². The van der Waals surface area contributed by atoms with Gasteiger partial charge in [-0.05, 0) is 26.0 Å². The van der Waals surface area contributed by atoms with E-state index >= 15 is 0 Å². The monoisotopic (exact) mass is 161 g/mol. The summed E-state index contributed by atoms with van der Waals surface area (Å²) in [5.74, 6) is 0. The van der Waals surface area contributed by atoms with Crippen LogP contribution in [0, 0.1) is 0 Å². The molecule has 0 spiro atoms. The lowest BCUT2D eigenvalue weighted by Gasteiger charge is -2.06. The first-order valence-corrected chi connectivity index (χ1v) is 4.07.